The highest BCUT2D eigenvalue weighted by atomic mass is 35.5. The van der Waals surface area contributed by atoms with Gasteiger partial charge < -0.3 is 19.2 Å². The molecule has 0 aliphatic heterocycles. The number of rotatable bonds is 5. The van der Waals surface area contributed by atoms with Crippen LogP contribution in [0.15, 0.2) is 41.8 Å². The number of hydrogen-bond acceptors (Lipinski definition) is 2. The van der Waals surface area contributed by atoms with Crippen LogP contribution in [0.1, 0.15) is 17.0 Å². The number of nitrogens with zero attached hydrogens (tertiary/aromatic N) is 5. The molecule has 0 bridgehead atoms. The summed E-state index contributed by atoms with van der Waals surface area (Å²) in [6, 6.07) is 6.10. The van der Waals surface area contributed by atoms with Crippen LogP contribution < -0.4 is 5.32 Å². The fourth-order valence-electron chi connectivity index (χ4n) is 3.05. The van der Waals surface area contributed by atoms with E-state index in [0.29, 0.717) is 0 Å². The van der Waals surface area contributed by atoms with Gasteiger partial charge in [0.05, 0.1) is 17.3 Å². The number of hydrogen-bond donors (Lipinski definition) is 1. The largest absolute Gasteiger partial charge is 0.356 e. The van der Waals surface area contributed by atoms with Crippen LogP contribution in [0.25, 0.3) is 5.65 Å². The summed E-state index contributed by atoms with van der Waals surface area (Å²) in [7, 11) is 5.81. The van der Waals surface area contributed by atoms with Crippen molar-refractivity contribution in [3.05, 3.63) is 58.8 Å². The highest BCUT2D eigenvalue weighted by Crippen LogP contribution is 2.14. The average molecular weight is 373 g/mol. The highest BCUT2D eigenvalue weighted by molar-refractivity contribution is 6.30. The van der Waals surface area contributed by atoms with Gasteiger partial charge in [-0.2, -0.15) is 0 Å². The summed E-state index contributed by atoms with van der Waals surface area (Å²) in [6.07, 6.45) is 6.86. The zero-order valence-corrected chi connectivity index (χ0v) is 16.5. The third-order valence-corrected chi connectivity index (χ3v) is 4.65. The van der Waals surface area contributed by atoms with Gasteiger partial charge >= 0.3 is 0 Å². The Hall–Kier alpha value is -2.47. The number of aryl methyl sites for hydroxylation is 2. The second kappa shape index (κ2) is 7.83. The molecule has 0 fully saturated rings. The molecule has 3 aromatic heterocycles. The number of pyridine rings is 1. The Labute approximate surface area is 159 Å². The number of aromatic nitrogens is 3. The molecule has 1 N–H and O–H groups in total. The molecule has 3 heterocycles. The van der Waals surface area contributed by atoms with E-state index in [1.54, 1.807) is 7.05 Å². The van der Waals surface area contributed by atoms with Crippen molar-refractivity contribution in [2.45, 2.75) is 19.9 Å². The molecule has 0 unspecified atom stereocenters. The summed E-state index contributed by atoms with van der Waals surface area (Å²) in [5.41, 5.74) is 4.41. The standard InChI is InChI=1S/C19H25ClN6/c1-14-6-5-9-26-12-16(23-18(14)26)7-8-22-19(21-2)25(4)13-17-10-15(20)11-24(17)3/h5-6,9-12H,7-8,13H2,1-4H3,(H,21,22). The molecule has 0 aliphatic carbocycles. The first kappa shape index (κ1) is 18.3. The van der Waals surface area contributed by atoms with Gasteiger partial charge in [-0.1, -0.05) is 17.7 Å². The molecule has 3 rings (SSSR count). The van der Waals surface area contributed by atoms with E-state index in [2.05, 4.69) is 38.8 Å². The molecule has 0 aliphatic rings. The van der Waals surface area contributed by atoms with Crippen molar-refractivity contribution in [2.75, 3.05) is 20.6 Å². The number of halogens is 1. The second-order valence-electron chi connectivity index (χ2n) is 6.49. The lowest BCUT2D eigenvalue weighted by atomic mass is 10.3. The SMILES string of the molecule is CN=C(NCCc1cn2cccc(C)c2n1)N(C)Cc1cc(Cl)cn1C. The van der Waals surface area contributed by atoms with Crippen LogP contribution in [0.5, 0.6) is 0 Å². The zero-order valence-electron chi connectivity index (χ0n) is 15.7. The molecule has 6 nitrogen and oxygen atoms in total. The molecule has 0 amide bonds. The van der Waals surface area contributed by atoms with Crippen LogP contribution in [-0.4, -0.2) is 45.5 Å². The molecule has 0 atom stereocenters. The Morgan fingerprint density at radius 1 is 1.38 bits per heavy atom. The third-order valence-electron chi connectivity index (χ3n) is 4.44. The van der Waals surface area contributed by atoms with E-state index in [1.807, 2.05) is 43.2 Å². The van der Waals surface area contributed by atoms with E-state index >= 15 is 0 Å². The lowest BCUT2D eigenvalue weighted by Gasteiger charge is -2.22. The Bertz CT molecular complexity index is 923. The van der Waals surface area contributed by atoms with Crippen LogP contribution in [0.4, 0.5) is 0 Å². The first-order valence-corrected chi connectivity index (χ1v) is 9.01. The minimum Gasteiger partial charge on any atom is -0.356 e. The van der Waals surface area contributed by atoms with E-state index in [0.717, 1.165) is 47.5 Å². The van der Waals surface area contributed by atoms with Crippen molar-refractivity contribution in [3.63, 3.8) is 0 Å². The fourth-order valence-corrected chi connectivity index (χ4v) is 3.33. The molecule has 138 valence electrons. The minimum atomic E-state index is 0.733. The molecule has 26 heavy (non-hydrogen) atoms. The highest BCUT2D eigenvalue weighted by Gasteiger charge is 2.10. The molecule has 0 saturated heterocycles. The van der Waals surface area contributed by atoms with Gasteiger partial charge in [-0.3, -0.25) is 4.99 Å². The van der Waals surface area contributed by atoms with E-state index < -0.39 is 0 Å². The second-order valence-corrected chi connectivity index (χ2v) is 6.93. The predicted octanol–water partition coefficient (Wildman–Crippen LogP) is 2.88. The lowest BCUT2D eigenvalue weighted by Crippen LogP contribution is -2.39. The maximum absolute atomic E-state index is 6.06. The smallest absolute Gasteiger partial charge is 0.193 e. The molecule has 0 aromatic carbocycles. The normalized spacial score (nSPS) is 12.0. The van der Waals surface area contributed by atoms with E-state index in [9.17, 15) is 0 Å². The fraction of sp³-hybridized carbons (Fsp3) is 0.368. The topological polar surface area (TPSA) is 49.9 Å². The van der Waals surface area contributed by atoms with Crippen molar-refractivity contribution in [1.82, 2.24) is 24.2 Å². The van der Waals surface area contributed by atoms with Crippen LogP contribution in [0, 0.1) is 6.92 Å². The van der Waals surface area contributed by atoms with Crippen LogP contribution in [-0.2, 0) is 20.0 Å². The summed E-state index contributed by atoms with van der Waals surface area (Å²) < 4.78 is 4.11. The van der Waals surface area contributed by atoms with E-state index in [4.69, 9.17) is 16.6 Å². The quantitative estimate of drug-likeness (QED) is 0.553. The van der Waals surface area contributed by atoms with Gasteiger partial charge in [0.1, 0.15) is 5.65 Å². The van der Waals surface area contributed by atoms with Gasteiger partial charge in [0.15, 0.2) is 5.96 Å². The maximum Gasteiger partial charge on any atom is 0.193 e. The van der Waals surface area contributed by atoms with Crippen molar-refractivity contribution in [1.29, 1.82) is 0 Å². The number of imidazole rings is 1. The van der Waals surface area contributed by atoms with E-state index in [1.165, 1.54) is 5.56 Å². The summed E-state index contributed by atoms with van der Waals surface area (Å²) in [6.45, 7) is 3.58. The summed E-state index contributed by atoms with van der Waals surface area (Å²) in [5, 5.41) is 4.16. The molecule has 0 radical (unpaired) electrons. The maximum atomic E-state index is 6.06. The first-order chi connectivity index (χ1) is 12.5. The van der Waals surface area contributed by atoms with Crippen molar-refractivity contribution in [2.24, 2.45) is 12.0 Å². The Balaban J connectivity index is 1.58. The van der Waals surface area contributed by atoms with Crippen LogP contribution in [0.3, 0.4) is 0 Å². The van der Waals surface area contributed by atoms with Crippen molar-refractivity contribution >= 4 is 23.2 Å². The average Bonchev–Trinajstić information content (AvgIpc) is 3.15. The minimum absolute atomic E-state index is 0.733. The van der Waals surface area contributed by atoms with Gasteiger partial charge in [0.2, 0.25) is 0 Å². The van der Waals surface area contributed by atoms with E-state index in [-0.39, 0.29) is 0 Å². The monoisotopic (exact) mass is 372 g/mol. The van der Waals surface area contributed by atoms with Crippen molar-refractivity contribution < 1.29 is 0 Å². The Kier molecular flexibility index (Phi) is 5.52. The van der Waals surface area contributed by atoms with Gasteiger partial charge in [-0.15, -0.1) is 0 Å². The number of nitrogens with one attached hydrogen (secondary N) is 1. The zero-order chi connectivity index (χ0) is 18.7. The third kappa shape index (κ3) is 4.02. The molecule has 0 saturated carbocycles. The lowest BCUT2D eigenvalue weighted by molar-refractivity contribution is 0.462. The molecular weight excluding hydrogens is 348 g/mol. The summed E-state index contributed by atoms with van der Waals surface area (Å²) >= 11 is 6.06. The van der Waals surface area contributed by atoms with Gasteiger partial charge in [0.25, 0.3) is 0 Å². The number of guanidine groups is 1. The van der Waals surface area contributed by atoms with Crippen LogP contribution >= 0.6 is 11.6 Å². The van der Waals surface area contributed by atoms with Crippen molar-refractivity contribution in [3.8, 4) is 0 Å². The van der Waals surface area contributed by atoms with Gasteiger partial charge in [-0.05, 0) is 24.6 Å². The summed E-state index contributed by atoms with van der Waals surface area (Å²) in [5.74, 6) is 0.849. The molecule has 3 aromatic rings. The summed E-state index contributed by atoms with van der Waals surface area (Å²) in [4.78, 5) is 11.2. The van der Waals surface area contributed by atoms with Crippen LogP contribution in [0.2, 0.25) is 5.02 Å². The predicted molar refractivity (Wildman–Crippen MR) is 107 cm³/mol. The number of fused-ring (bicyclic) bond motifs is 1. The van der Waals surface area contributed by atoms with Gasteiger partial charge in [-0.25, -0.2) is 4.98 Å². The number of aliphatic imine (C=N–C) groups is 1. The Morgan fingerprint density at radius 3 is 2.85 bits per heavy atom. The van der Waals surface area contributed by atoms with Gasteiger partial charge in [0, 0.05) is 58.4 Å². The Morgan fingerprint density at radius 2 is 2.19 bits per heavy atom. The molecule has 0 spiro atoms. The first-order valence-electron chi connectivity index (χ1n) is 8.63. The molecule has 7 heteroatoms. The molecular formula is C19H25ClN6.